The maximum Gasteiger partial charge on any atom is 0.348 e. The van der Waals surface area contributed by atoms with Gasteiger partial charge in [-0.25, -0.2) is 9.18 Å². The van der Waals surface area contributed by atoms with Gasteiger partial charge in [0.05, 0.1) is 5.56 Å². The quantitative estimate of drug-likeness (QED) is 0.659. The predicted molar refractivity (Wildman–Crippen MR) is 94.3 cm³/mol. The molecule has 1 N–H and O–H groups in total. The normalized spacial score (nSPS) is 15.2. The summed E-state index contributed by atoms with van der Waals surface area (Å²) in [5, 5.41) is 2.58. The van der Waals surface area contributed by atoms with Crippen molar-refractivity contribution in [2.24, 2.45) is 0 Å². The number of rotatable bonds is 4. The number of Topliss-reactive ketones (excluding diaryl/α,β-unsaturated/α-hetero) is 1. The molecule has 2 aliphatic rings. The molecular formula is C19H16FNO4S. The zero-order chi connectivity index (χ0) is 18.3. The van der Waals surface area contributed by atoms with Gasteiger partial charge in [0.1, 0.15) is 10.7 Å². The fourth-order valence-corrected chi connectivity index (χ4v) is 4.47. The van der Waals surface area contributed by atoms with E-state index < -0.39 is 24.2 Å². The maximum absolute atomic E-state index is 14.2. The molecule has 134 valence electrons. The van der Waals surface area contributed by atoms with Crippen LogP contribution in [0.25, 0.3) is 0 Å². The number of benzene rings is 1. The van der Waals surface area contributed by atoms with Crippen molar-refractivity contribution >= 4 is 34.7 Å². The largest absolute Gasteiger partial charge is 0.453 e. The Balaban J connectivity index is 1.44. The SMILES string of the molecule is O=C1CCc2cc(C(=O)COC(=O)c3cc4c(s3)CCC4)c(F)cc2N1. The van der Waals surface area contributed by atoms with Crippen LogP contribution in [0.1, 0.15) is 48.9 Å². The zero-order valence-corrected chi connectivity index (χ0v) is 14.7. The Morgan fingerprint density at radius 2 is 1.96 bits per heavy atom. The van der Waals surface area contributed by atoms with Gasteiger partial charge in [-0.3, -0.25) is 9.59 Å². The average Bonchev–Trinajstić information content (AvgIpc) is 3.20. The molecule has 0 radical (unpaired) electrons. The molecule has 0 atom stereocenters. The first-order valence-electron chi connectivity index (χ1n) is 8.45. The van der Waals surface area contributed by atoms with Gasteiger partial charge in [0.15, 0.2) is 6.61 Å². The van der Waals surface area contributed by atoms with E-state index >= 15 is 0 Å². The molecule has 26 heavy (non-hydrogen) atoms. The second kappa shape index (κ2) is 6.64. The van der Waals surface area contributed by atoms with Crippen LogP contribution in [-0.2, 0) is 28.8 Å². The smallest absolute Gasteiger partial charge is 0.348 e. The second-order valence-electron chi connectivity index (χ2n) is 6.45. The lowest BCUT2D eigenvalue weighted by Gasteiger charge is -2.17. The summed E-state index contributed by atoms with van der Waals surface area (Å²) in [6.07, 6.45) is 3.79. The van der Waals surface area contributed by atoms with Crippen molar-refractivity contribution < 1.29 is 23.5 Å². The van der Waals surface area contributed by atoms with Gasteiger partial charge in [0.2, 0.25) is 11.7 Å². The zero-order valence-electron chi connectivity index (χ0n) is 13.9. The second-order valence-corrected chi connectivity index (χ2v) is 7.59. The van der Waals surface area contributed by atoms with E-state index in [1.165, 1.54) is 27.8 Å². The highest BCUT2D eigenvalue weighted by molar-refractivity contribution is 7.14. The van der Waals surface area contributed by atoms with Gasteiger partial charge < -0.3 is 10.1 Å². The maximum atomic E-state index is 14.2. The number of amides is 1. The van der Waals surface area contributed by atoms with E-state index in [-0.39, 0.29) is 11.5 Å². The summed E-state index contributed by atoms with van der Waals surface area (Å²) in [6, 6.07) is 4.40. The van der Waals surface area contributed by atoms with Crippen LogP contribution in [0.2, 0.25) is 0 Å². The monoisotopic (exact) mass is 373 g/mol. The average molecular weight is 373 g/mol. The van der Waals surface area contributed by atoms with Gasteiger partial charge in [-0.15, -0.1) is 11.3 Å². The minimum atomic E-state index is -0.734. The third-order valence-corrected chi connectivity index (χ3v) is 5.89. The van der Waals surface area contributed by atoms with Gasteiger partial charge in [-0.1, -0.05) is 0 Å². The van der Waals surface area contributed by atoms with Crippen LogP contribution in [0.15, 0.2) is 18.2 Å². The van der Waals surface area contributed by atoms with E-state index in [0.29, 0.717) is 29.0 Å². The lowest BCUT2D eigenvalue weighted by atomic mass is 9.98. The van der Waals surface area contributed by atoms with E-state index in [2.05, 4.69) is 5.32 Å². The van der Waals surface area contributed by atoms with E-state index in [1.807, 2.05) is 6.07 Å². The standard InChI is InChI=1S/C19H16FNO4S/c20-13-8-14-10(4-5-18(23)21-14)6-12(13)15(22)9-25-19(24)17-7-11-2-1-3-16(11)26-17/h6-8H,1-5,9H2,(H,21,23). The van der Waals surface area contributed by atoms with Gasteiger partial charge in [-0.2, -0.15) is 0 Å². The number of carbonyl (C=O) groups excluding carboxylic acids is 3. The Hall–Kier alpha value is -2.54. The molecule has 0 saturated heterocycles. The molecule has 0 fully saturated rings. The molecule has 5 nitrogen and oxygen atoms in total. The highest BCUT2D eigenvalue weighted by atomic mass is 32.1. The fourth-order valence-electron chi connectivity index (χ4n) is 3.33. The molecule has 0 unspecified atom stereocenters. The van der Waals surface area contributed by atoms with Crippen molar-refractivity contribution in [2.75, 3.05) is 11.9 Å². The van der Waals surface area contributed by atoms with E-state index in [9.17, 15) is 18.8 Å². The van der Waals surface area contributed by atoms with Gasteiger partial charge in [0.25, 0.3) is 0 Å². The lowest BCUT2D eigenvalue weighted by molar-refractivity contribution is -0.116. The van der Waals surface area contributed by atoms with Crippen molar-refractivity contribution in [1.29, 1.82) is 0 Å². The summed E-state index contributed by atoms with van der Waals surface area (Å²) in [6.45, 7) is -0.510. The van der Waals surface area contributed by atoms with Crippen molar-refractivity contribution in [3.8, 4) is 0 Å². The number of hydrogen-bond donors (Lipinski definition) is 1. The number of ketones is 1. The summed E-state index contributed by atoms with van der Waals surface area (Å²) in [4.78, 5) is 37.5. The summed E-state index contributed by atoms with van der Waals surface area (Å²) >= 11 is 1.40. The number of carbonyl (C=O) groups is 3. The number of thiophene rings is 1. The molecule has 0 saturated carbocycles. The number of aryl methyl sites for hydroxylation is 3. The van der Waals surface area contributed by atoms with Gasteiger partial charge >= 0.3 is 5.97 Å². The van der Waals surface area contributed by atoms with Crippen LogP contribution in [0.4, 0.5) is 10.1 Å². The number of nitrogens with one attached hydrogen (secondary N) is 1. The molecule has 2 heterocycles. The van der Waals surface area contributed by atoms with Crippen LogP contribution in [0, 0.1) is 5.82 Å². The first kappa shape index (κ1) is 16.9. The number of halogens is 1. The molecule has 1 aliphatic heterocycles. The predicted octanol–water partition coefficient (Wildman–Crippen LogP) is 3.30. The number of anilines is 1. The Morgan fingerprint density at radius 3 is 2.77 bits per heavy atom. The molecular weight excluding hydrogens is 357 g/mol. The summed E-state index contributed by atoms with van der Waals surface area (Å²) in [5.74, 6) is -2.06. The van der Waals surface area contributed by atoms with E-state index in [4.69, 9.17) is 4.74 Å². The molecule has 1 aromatic carbocycles. The van der Waals surface area contributed by atoms with Gasteiger partial charge in [0, 0.05) is 17.0 Å². The Morgan fingerprint density at radius 1 is 1.12 bits per heavy atom. The topological polar surface area (TPSA) is 72.5 Å². The van der Waals surface area contributed by atoms with Crippen molar-refractivity contribution in [3.63, 3.8) is 0 Å². The molecule has 0 bridgehead atoms. The third kappa shape index (κ3) is 3.14. The molecule has 1 aromatic heterocycles. The van der Waals surface area contributed by atoms with Crippen LogP contribution < -0.4 is 5.32 Å². The Kier molecular flexibility index (Phi) is 4.32. The number of fused-ring (bicyclic) bond motifs is 2. The van der Waals surface area contributed by atoms with Gasteiger partial charge in [-0.05, 0) is 55.0 Å². The minimum Gasteiger partial charge on any atom is -0.453 e. The minimum absolute atomic E-state index is 0.124. The summed E-state index contributed by atoms with van der Waals surface area (Å²) in [5.41, 5.74) is 2.15. The molecule has 0 spiro atoms. The highest BCUT2D eigenvalue weighted by Gasteiger charge is 2.23. The van der Waals surface area contributed by atoms with E-state index in [1.54, 1.807) is 0 Å². The molecule has 7 heteroatoms. The number of hydrogen-bond acceptors (Lipinski definition) is 5. The van der Waals surface area contributed by atoms with Crippen LogP contribution in [0.3, 0.4) is 0 Å². The molecule has 1 amide bonds. The number of ether oxygens (including phenoxy) is 1. The lowest BCUT2D eigenvalue weighted by Crippen LogP contribution is -2.21. The number of esters is 1. The fraction of sp³-hybridized carbons (Fsp3) is 0.316. The summed E-state index contributed by atoms with van der Waals surface area (Å²) < 4.78 is 19.3. The van der Waals surface area contributed by atoms with Crippen molar-refractivity contribution in [2.45, 2.75) is 32.1 Å². The molecule has 1 aliphatic carbocycles. The molecule has 4 rings (SSSR count). The van der Waals surface area contributed by atoms with Crippen LogP contribution >= 0.6 is 11.3 Å². The highest BCUT2D eigenvalue weighted by Crippen LogP contribution is 2.31. The first-order valence-corrected chi connectivity index (χ1v) is 9.27. The Labute approximate surface area is 153 Å². The first-order chi connectivity index (χ1) is 12.5. The Bertz CT molecular complexity index is 912. The van der Waals surface area contributed by atoms with E-state index in [0.717, 1.165) is 25.3 Å². The third-order valence-electron chi connectivity index (χ3n) is 4.67. The summed E-state index contributed by atoms with van der Waals surface area (Å²) in [7, 11) is 0. The van der Waals surface area contributed by atoms with Crippen LogP contribution in [-0.4, -0.2) is 24.3 Å². The van der Waals surface area contributed by atoms with Crippen molar-refractivity contribution in [3.05, 3.63) is 50.5 Å². The molecule has 2 aromatic rings. The van der Waals surface area contributed by atoms with Crippen molar-refractivity contribution in [1.82, 2.24) is 0 Å². The van der Waals surface area contributed by atoms with Crippen LogP contribution in [0.5, 0.6) is 0 Å².